The van der Waals surface area contributed by atoms with Gasteiger partial charge in [-0.05, 0) is 13.8 Å². The van der Waals surface area contributed by atoms with Crippen molar-refractivity contribution in [1.29, 1.82) is 0 Å². The quantitative estimate of drug-likeness (QED) is 0.713. The van der Waals surface area contributed by atoms with Gasteiger partial charge in [0.05, 0.1) is 6.61 Å². The molecule has 0 aromatic carbocycles. The Labute approximate surface area is 95.8 Å². The third-order valence-corrected chi connectivity index (χ3v) is 2.37. The molecule has 0 saturated heterocycles. The Morgan fingerprint density at radius 1 is 1.38 bits per heavy atom. The Hall–Kier alpha value is -1.39. The van der Waals surface area contributed by atoms with Crippen LogP contribution in [-0.2, 0) is 22.4 Å². The first-order chi connectivity index (χ1) is 7.63. The highest BCUT2D eigenvalue weighted by atomic mass is 16.5. The van der Waals surface area contributed by atoms with Crippen LogP contribution >= 0.6 is 0 Å². The molecule has 0 aliphatic carbocycles. The standard InChI is InChI=1S/C11H19N3O2/c1-5-9-12-10(6-2)14(13-9)8(4)11(15)16-7-3/h8H,5-7H2,1-4H3. The topological polar surface area (TPSA) is 57.0 Å². The number of aromatic nitrogens is 3. The third-order valence-electron chi connectivity index (χ3n) is 2.37. The number of aryl methyl sites for hydroxylation is 2. The van der Waals surface area contributed by atoms with Crippen LogP contribution in [0.25, 0.3) is 0 Å². The summed E-state index contributed by atoms with van der Waals surface area (Å²) in [5, 5.41) is 4.31. The summed E-state index contributed by atoms with van der Waals surface area (Å²) in [5.74, 6) is 1.34. The lowest BCUT2D eigenvalue weighted by atomic mass is 10.3. The van der Waals surface area contributed by atoms with E-state index in [4.69, 9.17) is 4.74 Å². The maximum absolute atomic E-state index is 11.6. The number of carbonyl (C=O) groups excluding carboxylic acids is 1. The lowest BCUT2D eigenvalue weighted by Crippen LogP contribution is -2.22. The second-order valence-corrected chi connectivity index (χ2v) is 3.52. The molecular formula is C11H19N3O2. The number of rotatable bonds is 5. The molecule has 5 heteroatoms. The largest absolute Gasteiger partial charge is 0.464 e. The summed E-state index contributed by atoms with van der Waals surface area (Å²) in [5.41, 5.74) is 0. The lowest BCUT2D eigenvalue weighted by molar-refractivity contribution is -0.146. The van der Waals surface area contributed by atoms with Crippen molar-refractivity contribution in [2.24, 2.45) is 0 Å². The van der Waals surface area contributed by atoms with Crippen LogP contribution in [0.3, 0.4) is 0 Å². The van der Waals surface area contributed by atoms with Gasteiger partial charge in [0.1, 0.15) is 11.9 Å². The predicted molar refractivity (Wildman–Crippen MR) is 60.1 cm³/mol. The summed E-state index contributed by atoms with van der Waals surface area (Å²) in [7, 11) is 0. The van der Waals surface area contributed by atoms with E-state index in [1.165, 1.54) is 0 Å². The van der Waals surface area contributed by atoms with Crippen LogP contribution in [0.5, 0.6) is 0 Å². The minimum Gasteiger partial charge on any atom is -0.464 e. The van der Waals surface area contributed by atoms with Gasteiger partial charge < -0.3 is 4.74 Å². The summed E-state index contributed by atoms with van der Waals surface area (Å²) in [6, 6.07) is -0.400. The van der Waals surface area contributed by atoms with Crippen LogP contribution in [0, 0.1) is 0 Å². The van der Waals surface area contributed by atoms with Gasteiger partial charge in [0, 0.05) is 12.8 Å². The number of esters is 1. The first-order valence-electron chi connectivity index (χ1n) is 5.74. The van der Waals surface area contributed by atoms with Crippen LogP contribution in [0.2, 0.25) is 0 Å². The molecule has 0 radical (unpaired) electrons. The van der Waals surface area contributed by atoms with E-state index in [2.05, 4.69) is 10.1 Å². The second-order valence-electron chi connectivity index (χ2n) is 3.52. The zero-order valence-corrected chi connectivity index (χ0v) is 10.4. The number of ether oxygens (including phenoxy) is 1. The van der Waals surface area contributed by atoms with Gasteiger partial charge in [0.2, 0.25) is 0 Å². The molecule has 1 rings (SSSR count). The van der Waals surface area contributed by atoms with Crippen LogP contribution < -0.4 is 0 Å². The zero-order chi connectivity index (χ0) is 12.1. The second kappa shape index (κ2) is 5.63. The SMILES string of the molecule is CCOC(=O)C(C)n1nc(CC)nc1CC. The molecule has 5 nitrogen and oxygen atoms in total. The molecule has 1 aromatic heterocycles. The van der Waals surface area contributed by atoms with Crippen molar-refractivity contribution in [3.8, 4) is 0 Å². The number of nitrogens with zero attached hydrogens (tertiary/aromatic N) is 3. The van der Waals surface area contributed by atoms with Crippen molar-refractivity contribution in [3.63, 3.8) is 0 Å². The normalized spacial score (nSPS) is 12.5. The van der Waals surface area contributed by atoms with Crippen molar-refractivity contribution in [2.45, 2.75) is 46.6 Å². The molecule has 0 fully saturated rings. The van der Waals surface area contributed by atoms with Crippen LogP contribution in [0.4, 0.5) is 0 Å². The highest BCUT2D eigenvalue weighted by Gasteiger charge is 2.20. The van der Waals surface area contributed by atoms with E-state index in [1.807, 2.05) is 13.8 Å². The highest BCUT2D eigenvalue weighted by molar-refractivity contribution is 5.73. The number of hydrogen-bond acceptors (Lipinski definition) is 4. The maximum atomic E-state index is 11.6. The minimum absolute atomic E-state index is 0.259. The Bertz CT molecular complexity index is 360. The average Bonchev–Trinajstić information content (AvgIpc) is 2.71. The van der Waals surface area contributed by atoms with E-state index < -0.39 is 6.04 Å². The molecular weight excluding hydrogens is 206 g/mol. The maximum Gasteiger partial charge on any atom is 0.330 e. The van der Waals surface area contributed by atoms with Gasteiger partial charge in [0.15, 0.2) is 5.82 Å². The van der Waals surface area contributed by atoms with Gasteiger partial charge in [-0.3, -0.25) is 0 Å². The summed E-state index contributed by atoms with van der Waals surface area (Å²) in [4.78, 5) is 16.0. The lowest BCUT2D eigenvalue weighted by Gasteiger charge is -2.12. The van der Waals surface area contributed by atoms with E-state index in [0.717, 1.165) is 24.5 Å². The van der Waals surface area contributed by atoms with Crippen LogP contribution in [-0.4, -0.2) is 27.3 Å². The molecule has 16 heavy (non-hydrogen) atoms. The molecule has 90 valence electrons. The molecule has 0 aliphatic heterocycles. The molecule has 1 aromatic rings. The van der Waals surface area contributed by atoms with Gasteiger partial charge in [0.25, 0.3) is 0 Å². The molecule has 0 spiro atoms. The third kappa shape index (κ3) is 2.59. The molecule has 1 heterocycles. The van der Waals surface area contributed by atoms with Crippen molar-refractivity contribution >= 4 is 5.97 Å². The molecule has 0 bridgehead atoms. The van der Waals surface area contributed by atoms with Crippen molar-refractivity contribution < 1.29 is 9.53 Å². The summed E-state index contributed by atoms with van der Waals surface area (Å²) < 4.78 is 6.64. The van der Waals surface area contributed by atoms with E-state index in [9.17, 15) is 4.79 Å². The Morgan fingerprint density at radius 2 is 2.06 bits per heavy atom. The Kier molecular flexibility index (Phi) is 4.46. The number of hydrogen-bond donors (Lipinski definition) is 0. The van der Waals surface area contributed by atoms with Gasteiger partial charge in [-0.25, -0.2) is 14.5 Å². The highest BCUT2D eigenvalue weighted by Crippen LogP contribution is 2.11. The molecule has 1 atom stereocenters. The fourth-order valence-corrected chi connectivity index (χ4v) is 1.47. The fraction of sp³-hybridized carbons (Fsp3) is 0.727. The van der Waals surface area contributed by atoms with Crippen molar-refractivity contribution in [2.75, 3.05) is 6.61 Å². The van der Waals surface area contributed by atoms with Crippen LogP contribution in [0.1, 0.15) is 45.4 Å². The van der Waals surface area contributed by atoms with Crippen molar-refractivity contribution in [3.05, 3.63) is 11.6 Å². The van der Waals surface area contributed by atoms with E-state index in [-0.39, 0.29) is 5.97 Å². The Balaban J connectivity index is 2.92. The molecule has 0 N–H and O–H groups in total. The summed E-state index contributed by atoms with van der Waals surface area (Å²) >= 11 is 0. The van der Waals surface area contributed by atoms with Gasteiger partial charge >= 0.3 is 5.97 Å². The first kappa shape index (κ1) is 12.7. The molecule has 0 amide bonds. The average molecular weight is 225 g/mol. The number of carbonyl (C=O) groups is 1. The first-order valence-corrected chi connectivity index (χ1v) is 5.74. The molecule has 0 aliphatic rings. The predicted octanol–water partition coefficient (Wildman–Crippen LogP) is 1.53. The molecule has 0 saturated carbocycles. The van der Waals surface area contributed by atoms with Gasteiger partial charge in [-0.2, -0.15) is 5.10 Å². The Morgan fingerprint density at radius 3 is 2.56 bits per heavy atom. The van der Waals surface area contributed by atoms with Gasteiger partial charge in [-0.1, -0.05) is 13.8 Å². The van der Waals surface area contributed by atoms with E-state index in [1.54, 1.807) is 18.5 Å². The fourth-order valence-electron chi connectivity index (χ4n) is 1.47. The minimum atomic E-state index is -0.400. The van der Waals surface area contributed by atoms with E-state index >= 15 is 0 Å². The molecule has 1 unspecified atom stereocenters. The zero-order valence-electron chi connectivity index (χ0n) is 10.4. The van der Waals surface area contributed by atoms with E-state index in [0.29, 0.717) is 6.61 Å². The van der Waals surface area contributed by atoms with Crippen molar-refractivity contribution in [1.82, 2.24) is 14.8 Å². The smallest absolute Gasteiger partial charge is 0.330 e. The monoisotopic (exact) mass is 225 g/mol. The summed E-state index contributed by atoms with van der Waals surface area (Å²) in [6.45, 7) is 7.96. The van der Waals surface area contributed by atoms with Gasteiger partial charge in [-0.15, -0.1) is 0 Å². The van der Waals surface area contributed by atoms with Crippen LogP contribution in [0.15, 0.2) is 0 Å². The summed E-state index contributed by atoms with van der Waals surface area (Å²) in [6.07, 6.45) is 1.53.